The lowest BCUT2D eigenvalue weighted by atomic mass is 10.1. The van der Waals surface area contributed by atoms with Gasteiger partial charge in [-0.15, -0.1) is 0 Å². The van der Waals surface area contributed by atoms with Crippen LogP contribution < -0.4 is 15.4 Å². The summed E-state index contributed by atoms with van der Waals surface area (Å²) in [5, 5.41) is 6.08. The molecule has 2 N–H and O–H groups in total. The van der Waals surface area contributed by atoms with E-state index in [0.29, 0.717) is 18.0 Å². The summed E-state index contributed by atoms with van der Waals surface area (Å²) in [6.07, 6.45) is 2.07. The molecule has 0 fully saturated rings. The summed E-state index contributed by atoms with van der Waals surface area (Å²) in [4.78, 5) is 12.2. The van der Waals surface area contributed by atoms with Crippen molar-refractivity contribution in [1.29, 1.82) is 0 Å². The van der Waals surface area contributed by atoms with Crippen molar-refractivity contribution in [1.82, 2.24) is 0 Å². The standard InChI is InChI=1S/C20H26N2O2/c1-4-5-10-24-19-9-7-6-8-18(19)22-20(23)14-21-17-12-15(2)11-16(3)13-17/h6-9,11-13,21H,4-5,10,14H2,1-3H3,(H,22,23). The number of carbonyl (C=O) groups excluding carboxylic acids is 1. The lowest BCUT2D eigenvalue weighted by Gasteiger charge is -2.13. The van der Waals surface area contributed by atoms with Crippen LogP contribution in [0.25, 0.3) is 0 Å². The Morgan fingerprint density at radius 1 is 1.08 bits per heavy atom. The Hall–Kier alpha value is -2.49. The van der Waals surface area contributed by atoms with E-state index in [9.17, 15) is 4.79 Å². The van der Waals surface area contributed by atoms with E-state index in [1.165, 1.54) is 11.1 Å². The summed E-state index contributed by atoms with van der Waals surface area (Å²) in [7, 11) is 0. The number of unbranched alkanes of at least 4 members (excludes halogenated alkanes) is 1. The van der Waals surface area contributed by atoms with Gasteiger partial charge in [0.1, 0.15) is 5.75 Å². The van der Waals surface area contributed by atoms with Crippen molar-refractivity contribution in [3.8, 4) is 5.75 Å². The first-order valence-corrected chi connectivity index (χ1v) is 8.42. The number of aryl methyl sites for hydroxylation is 2. The molecule has 0 atom stereocenters. The molecule has 0 saturated heterocycles. The maximum Gasteiger partial charge on any atom is 0.243 e. The molecule has 128 valence electrons. The molecule has 0 aliphatic carbocycles. The van der Waals surface area contributed by atoms with Crippen molar-refractivity contribution in [2.75, 3.05) is 23.8 Å². The molecule has 1 amide bonds. The third-order valence-corrected chi connectivity index (χ3v) is 3.59. The number of ether oxygens (including phenoxy) is 1. The second-order valence-corrected chi connectivity index (χ2v) is 5.98. The highest BCUT2D eigenvalue weighted by Gasteiger charge is 2.07. The molecule has 0 aliphatic rings. The highest BCUT2D eigenvalue weighted by molar-refractivity contribution is 5.95. The largest absolute Gasteiger partial charge is 0.491 e. The van der Waals surface area contributed by atoms with Gasteiger partial charge < -0.3 is 15.4 Å². The zero-order chi connectivity index (χ0) is 17.4. The molecule has 0 unspecified atom stereocenters. The van der Waals surface area contributed by atoms with Crippen LogP contribution >= 0.6 is 0 Å². The summed E-state index contributed by atoms with van der Waals surface area (Å²) in [6, 6.07) is 13.7. The van der Waals surface area contributed by atoms with Crippen LogP contribution in [0.1, 0.15) is 30.9 Å². The van der Waals surface area contributed by atoms with E-state index in [2.05, 4.69) is 23.6 Å². The number of nitrogens with one attached hydrogen (secondary N) is 2. The van der Waals surface area contributed by atoms with Gasteiger partial charge in [-0.1, -0.05) is 31.5 Å². The molecule has 2 rings (SSSR count). The lowest BCUT2D eigenvalue weighted by molar-refractivity contribution is -0.114. The Balaban J connectivity index is 1.92. The van der Waals surface area contributed by atoms with Crippen LogP contribution in [0, 0.1) is 13.8 Å². The van der Waals surface area contributed by atoms with Crippen LogP contribution in [0.3, 0.4) is 0 Å². The molecule has 0 saturated carbocycles. The average molecular weight is 326 g/mol. The van der Waals surface area contributed by atoms with Crippen LogP contribution in [-0.4, -0.2) is 19.1 Å². The average Bonchev–Trinajstić information content (AvgIpc) is 2.54. The van der Waals surface area contributed by atoms with E-state index in [1.807, 2.05) is 50.2 Å². The van der Waals surface area contributed by atoms with Gasteiger partial charge in [-0.2, -0.15) is 0 Å². The fraction of sp³-hybridized carbons (Fsp3) is 0.350. The number of carbonyl (C=O) groups is 1. The number of hydrogen-bond donors (Lipinski definition) is 2. The summed E-state index contributed by atoms with van der Waals surface area (Å²) in [6.45, 7) is 7.08. The predicted octanol–water partition coefficient (Wildman–Crippen LogP) is 4.53. The van der Waals surface area contributed by atoms with E-state index in [0.717, 1.165) is 18.5 Å². The fourth-order valence-corrected chi connectivity index (χ4v) is 2.48. The SMILES string of the molecule is CCCCOc1ccccc1NC(=O)CNc1cc(C)cc(C)c1. The molecule has 0 bridgehead atoms. The van der Waals surface area contributed by atoms with E-state index < -0.39 is 0 Å². The van der Waals surface area contributed by atoms with Gasteiger partial charge in [0.2, 0.25) is 5.91 Å². The zero-order valence-corrected chi connectivity index (χ0v) is 14.7. The van der Waals surface area contributed by atoms with Gasteiger partial charge in [0, 0.05) is 5.69 Å². The van der Waals surface area contributed by atoms with E-state index >= 15 is 0 Å². The van der Waals surface area contributed by atoms with Crippen molar-refractivity contribution in [3.05, 3.63) is 53.6 Å². The summed E-state index contributed by atoms with van der Waals surface area (Å²) >= 11 is 0. The van der Waals surface area contributed by atoms with Crippen molar-refractivity contribution in [2.45, 2.75) is 33.6 Å². The number of rotatable bonds is 8. The van der Waals surface area contributed by atoms with Gasteiger partial charge in [0.15, 0.2) is 0 Å². The third-order valence-electron chi connectivity index (χ3n) is 3.59. The second kappa shape index (κ2) is 8.96. The Morgan fingerprint density at radius 2 is 1.79 bits per heavy atom. The van der Waals surface area contributed by atoms with Crippen LogP contribution in [-0.2, 0) is 4.79 Å². The summed E-state index contributed by atoms with van der Waals surface area (Å²) in [5.41, 5.74) is 4.01. The highest BCUT2D eigenvalue weighted by Crippen LogP contribution is 2.24. The smallest absolute Gasteiger partial charge is 0.243 e. The summed E-state index contributed by atoms with van der Waals surface area (Å²) in [5.74, 6) is 0.617. The van der Waals surface area contributed by atoms with Gasteiger partial charge in [-0.05, 0) is 55.7 Å². The van der Waals surface area contributed by atoms with Crippen LogP contribution in [0.4, 0.5) is 11.4 Å². The molecule has 0 aliphatic heterocycles. The highest BCUT2D eigenvalue weighted by atomic mass is 16.5. The van der Waals surface area contributed by atoms with Crippen LogP contribution in [0.15, 0.2) is 42.5 Å². The normalized spacial score (nSPS) is 10.3. The minimum Gasteiger partial charge on any atom is -0.491 e. The Morgan fingerprint density at radius 3 is 2.50 bits per heavy atom. The first-order chi connectivity index (χ1) is 11.6. The molecule has 2 aromatic carbocycles. The monoisotopic (exact) mass is 326 g/mol. The topological polar surface area (TPSA) is 50.4 Å². The molecule has 2 aromatic rings. The molecule has 0 aromatic heterocycles. The van der Waals surface area contributed by atoms with Crippen molar-refractivity contribution in [3.63, 3.8) is 0 Å². The molecular formula is C20H26N2O2. The lowest BCUT2D eigenvalue weighted by Crippen LogP contribution is -2.22. The van der Waals surface area contributed by atoms with E-state index in [-0.39, 0.29) is 12.5 Å². The summed E-state index contributed by atoms with van der Waals surface area (Å²) < 4.78 is 5.74. The number of anilines is 2. The Kier molecular flexibility index (Phi) is 6.67. The number of hydrogen-bond acceptors (Lipinski definition) is 3. The van der Waals surface area contributed by atoms with Gasteiger partial charge in [-0.3, -0.25) is 4.79 Å². The minimum atomic E-state index is -0.0966. The molecule has 0 radical (unpaired) electrons. The maximum atomic E-state index is 12.2. The van der Waals surface area contributed by atoms with Crippen molar-refractivity contribution >= 4 is 17.3 Å². The second-order valence-electron chi connectivity index (χ2n) is 5.98. The van der Waals surface area contributed by atoms with E-state index in [1.54, 1.807) is 0 Å². The van der Waals surface area contributed by atoms with Gasteiger partial charge in [0.25, 0.3) is 0 Å². The molecule has 4 nitrogen and oxygen atoms in total. The molecular weight excluding hydrogens is 300 g/mol. The molecule has 4 heteroatoms. The van der Waals surface area contributed by atoms with Gasteiger partial charge >= 0.3 is 0 Å². The Labute approximate surface area is 144 Å². The number of para-hydroxylation sites is 2. The zero-order valence-electron chi connectivity index (χ0n) is 14.7. The molecule has 24 heavy (non-hydrogen) atoms. The van der Waals surface area contributed by atoms with Crippen molar-refractivity contribution < 1.29 is 9.53 Å². The van der Waals surface area contributed by atoms with Gasteiger partial charge in [0.05, 0.1) is 18.8 Å². The molecule has 0 heterocycles. The Bertz CT molecular complexity index is 663. The third kappa shape index (κ3) is 5.61. The fourth-order valence-electron chi connectivity index (χ4n) is 2.48. The number of amides is 1. The van der Waals surface area contributed by atoms with Crippen LogP contribution in [0.2, 0.25) is 0 Å². The first-order valence-electron chi connectivity index (χ1n) is 8.42. The first kappa shape index (κ1) is 17.9. The molecule has 0 spiro atoms. The van der Waals surface area contributed by atoms with E-state index in [4.69, 9.17) is 4.74 Å². The maximum absolute atomic E-state index is 12.2. The quantitative estimate of drug-likeness (QED) is 0.701. The van der Waals surface area contributed by atoms with Crippen LogP contribution in [0.5, 0.6) is 5.75 Å². The van der Waals surface area contributed by atoms with Crippen molar-refractivity contribution in [2.24, 2.45) is 0 Å². The van der Waals surface area contributed by atoms with Gasteiger partial charge in [-0.25, -0.2) is 0 Å². The number of benzene rings is 2. The minimum absolute atomic E-state index is 0.0966. The predicted molar refractivity (Wildman–Crippen MR) is 99.9 cm³/mol.